The normalized spacial score (nSPS) is 16.8. The molecule has 1 saturated heterocycles. The van der Waals surface area contributed by atoms with Crippen molar-refractivity contribution < 1.29 is 14.3 Å². The average molecular weight is 389 g/mol. The number of amides is 2. The molecule has 0 saturated carbocycles. The van der Waals surface area contributed by atoms with Crippen LogP contribution in [-0.4, -0.2) is 54.0 Å². The van der Waals surface area contributed by atoms with Crippen LogP contribution >= 0.6 is 0 Å². The molecule has 148 valence electrons. The molecule has 2 amide bonds. The molecule has 1 unspecified atom stereocenters. The zero-order valence-electron chi connectivity index (χ0n) is 16.1. The molecule has 0 bridgehead atoms. The van der Waals surface area contributed by atoms with Crippen LogP contribution in [0.2, 0.25) is 0 Å². The number of pyridine rings is 1. The van der Waals surface area contributed by atoms with Crippen molar-refractivity contribution in [1.82, 2.24) is 15.2 Å². The number of morpholine rings is 1. The number of carbonyl (C=O) groups excluding carboxylic acids is 2. The van der Waals surface area contributed by atoms with Gasteiger partial charge in [0.05, 0.1) is 6.10 Å². The van der Waals surface area contributed by atoms with E-state index in [2.05, 4.69) is 22.4 Å². The Labute approximate surface area is 169 Å². The van der Waals surface area contributed by atoms with Gasteiger partial charge in [0.25, 0.3) is 5.91 Å². The molecule has 1 fully saturated rings. The SMILES string of the molecule is O=C(NCC1CN(CCc2ccccc2)C(=O)CO1)c1nccc2ccccc12. The predicted octanol–water partition coefficient (Wildman–Crippen LogP) is 2.43. The third-order valence-corrected chi connectivity index (χ3v) is 5.11. The third kappa shape index (κ3) is 4.60. The van der Waals surface area contributed by atoms with Gasteiger partial charge in [-0.05, 0) is 23.4 Å². The molecule has 1 N–H and O–H groups in total. The molecular weight excluding hydrogens is 366 g/mol. The van der Waals surface area contributed by atoms with Crippen LogP contribution in [0.15, 0.2) is 66.9 Å². The number of carbonyl (C=O) groups is 2. The second kappa shape index (κ2) is 8.84. The van der Waals surface area contributed by atoms with Gasteiger partial charge in [0.2, 0.25) is 5.91 Å². The van der Waals surface area contributed by atoms with E-state index in [0.717, 1.165) is 17.2 Å². The summed E-state index contributed by atoms with van der Waals surface area (Å²) in [4.78, 5) is 30.9. The number of hydrogen-bond donors (Lipinski definition) is 1. The molecule has 0 radical (unpaired) electrons. The summed E-state index contributed by atoms with van der Waals surface area (Å²) in [5.74, 6) is -0.252. The van der Waals surface area contributed by atoms with Crippen LogP contribution in [0, 0.1) is 0 Å². The Morgan fingerprint density at radius 1 is 1.10 bits per heavy atom. The topological polar surface area (TPSA) is 71.5 Å². The number of nitrogens with zero attached hydrogens (tertiary/aromatic N) is 2. The van der Waals surface area contributed by atoms with Gasteiger partial charge in [-0.25, -0.2) is 0 Å². The summed E-state index contributed by atoms with van der Waals surface area (Å²) in [5, 5.41) is 4.69. The summed E-state index contributed by atoms with van der Waals surface area (Å²) in [6, 6.07) is 19.6. The number of fused-ring (bicyclic) bond motifs is 1. The van der Waals surface area contributed by atoms with Gasteiger partial charge in [-0.3, -0.25) is 14.6 Å². The Hall–Kier alpha value is -3.25. The van der Waals surface area contributed by atoms with Crippen molar-refractivity contribution in [3.63, 3.8) is 0 Å². The highest BCUT2D eigenvalue weighted by atomic mass is 16.5. The maximum Gasteiger partial charge on any atom is 0.270 e. The van der Waals surface area contributed by atoms with Crippen LogP contribution in [0.5, 0.6) is 0 Å². The Bertz CT molecular complexity index is 1000. The van der Waals surface area contributed by atoms with Crippen molar-refractivity contribution in [2.24, 2.45) is 0 Å². The Balaban J connectivity index is 1.34. The second-order valence-corrected chi connectivity index (χ2v) is 7.10. The summed E-state index contributed by atoms with van der Waals surface area (Å²) in [7, 11) is 0. The van der Waals surface area contributed by atoms with Crippen molar-refractivity contribution in [3.8, 4) is 0 Å². The number of benzene rings is 2. The highest BCUT2D eigenvalue weighted by Gasteiger charge is 2.26. The predicted molar refractivity (Wildman–Crippen MR) is 111 cm³/mol. The van der Waals surface area contributed by atoms with Crippen molar-refractivity contribution >= 4 is 22.6 Å². The van der Waals surface area contributed by atoms with E-state index in [-0.39, 0.29) is 24.5 Å². The average Bonchev–Trinajstić information content (AvgIpc) is 2.77. The Kier molecular flexibility index (Phi) is 5.81. The Morgan fingerprint density at radius 2 is 1.90 bits per heavy atom. The fraction of sp³-hybridized carbons (Fsp3) is 0.261. The van der Waals surface area contributed by atoms with Gasteiger partial charge in [0.1, 0.15) is 12.3 Å². The largest absolute Gasteiger partial charge is 0.365 e. The molecule has 6 nitrogen and oxygen atoms in total. The first-order valence-electron chi connectivity index (χ1n) is 9.76. The molecule has 1 atom stereocenters. The van der Waals surface area contributed by atoms with Gasteiger partial charge in [-0.15, -0.1) is 0 Å². The van der Waals surface area contributed by atoms with E-state index in [1.807, 2.05) is 53.4 Å². The number of nitrogens with one attached hydrogen (secondary N) is 1. The fourth-order valence-corrected chi connectivity index (χ4v) is 3.52. The molecule has 4 rings (SSSR count). The molecule has 0 aliphatic carbocycles. The van der Waals surface area contributed by atoms with Gasteiger partial charge < -0.3 is 15.0 Å². The molecular formula is C23H23N3O3. The highest BCUT2D eigenvalue weighted by Crippen LogP contribution is 2.16. The molecule has 6 heteroatoms. The van der Waals surface area contributed by atoms with E-state index in [9.17, 15) is 9.59 Å². The van der Waals surface area contributed by atoms with Crippen molar-refractivity contribution in [3.05, 3.63) is 78.1 Å². The third-order valence-electron chi connectivity index (χ3n) is 5.11. The zero-order valence-corrected chi connectivity index (χ0v) is 16.1. The molecule has 1 aliphatic heterocycles. The lowest BCUT2D eigenvalue weighted by atomic mass is 10.1. The quantitative estimate of drug-likeness (QED) is 0.703. The number of hydrogen-bond acceptors (Lipinski definition) is 4. The molecule has 1 aromatic heterocycles. The molecule has 2 aromatic carbocycles. The maximum atomic E-state index is 12.6. The van der Waals surface area contributed by atoms with E-state index < -0.39 is 0 Å². The van der Waals surface area contributed by atoms with E-state index in [4.69, 9.17) is 4.74 Å². The lowest BCUT2D eigenvalue weighted by Crippen LogP contribution is -2.51. The first kappa shape index (κ1) is 19.1. The number of rotatable bonds is 6. The summed E-state index contributed by atoms with van der Waals surface area (Å²) in [5.41, 5.74) is 1.59. The first-order valence-corrected chi connectivity index (χ1v) is 9.76. The van der Waals surface area contributed by atoms with Crippen LogP contribution in [0.4, 0.5) is 0 Å². The number of ether oxygens (including phenoxy) is 1. The summed E-state index contributed by atoms with van der Waals surface area (Å²) in [6.45, 7) is 1.48. The minimum absolute atomic E-state index is 0.0146. The van der Waals surface area contributed by atoms with Gasteiger partial charge >= 0.3 is 0 Å². The van der Waals surface area contributed by atoms with E-state index >= 15 is 0 Å². The van der Waals surface area contributed by atoms with Crippen molar-refractivity contribution in [2.45, 2.75) is 12.5 Å². The fourth-order valence-electron chi connectivity index (χ4n) is 3.52. The van der Waals surface area contributed by atoms with Crippen LogP contribution in [-0.2, 0) is 16.0 Å². The standard InChI is InChI=1S/C23H23N3O3/c27-21-16-29-19(15-26(21)13-11-17-6-2-1-3-7-17)14-25-23(28)22-20-9-5-4-8-18(20)10-12-24-22/h1-10,12,19H,11,13-16H2,(H,25,28). The second-order valence-electron chi connectivity index (χ2n) is 7.10. The molecule has 3 aromatic rings. The first-order chi connectivity index (χ1) is 14.2. The van der Waals surface area contributed by atoms with E-state index in [1.54, 1.807) is 6.20 Å². The lowest BCUT2D eigenvalue weighted by molar-refractivity contribution is -0.148. The smallest absolute Gasteiger partial charge is 0.270 e. The van der Waals surface area contributed by atoms with Gasteiger partial charge in [0.15, 0.2) is 0 Å². The minimum atomic E-state index is -0.238. The van der Waals surface area contributed by atoms with Crippen LogP contribution in [0.1, 0.15) is 16.1 Å². The van der Waals surface area contributed by atoms with Crippen molar-refractivity contribution in [1.29, 1.82) is 0 Å². The minimum Gasteiger partial charge on any atom is -0.365 e. The van der Waals surface area contributed by atoms with Crippen molar-refractivity contribution in [2.75, 3.05) is 26.2 Å². The van der Waals surface area contributed by atoms with E-state index in [1.165, 1.54) is 5.56 Å². The Morgan fingerprint density at radius 3 is 2.76 bits per heavy atom. The van der Waals surface area contributed by atoms with Gasteiger partial charge in [-0.1, -0.05) is 54.6 Å². The van der Waals surface area contributed by atoms with Crippen LogP contribution in [0.25, 0.3) is 10.8 Å². The maximum absolute atomic E-state index is 12.6. The summed E-state index contributed by atoms with van der Waals surface area (Å²) in [6.07, 6.45) is 2.20. The highest BCUT2D eigenvalue weighted by molar-refractivity contribution is 6.05. The van der Waals surface area contributed by atoms with Gasteiger partial charge in [0, 0.05) is 31.2 Å². The molecule has 2 heterocycles. The lowest BCUT2D eigenvalue weighted by Gasteiger charge is -2.33. The van der Waals surface area contributed by atoms with Crippen LogP contribution < -0.4 is 5.32 Å². The summed E-state index contributed by atoms with van der Waals surface area (Å²) < 4.78 is 5.62. The van der Waals surface area contributed by atoms with Gasteiger partial charge in [-0.2, -0.15) is 0 Å². The monoisotopic (exact) mass is 389 g/mol. The van der Waals surface area contributed by atoms with Crippen LogP contribution in [0.3, 0.4) is 0 Å². The molecule has 1 aliphatic rings. The zero-order chi connectivity index (χ0) is 20.1. The molecule has 29 heavy (non-hydrogen) atoms. The van der Waals surface area contributed by atoms with E-state index in [0.29, 0.717) is 25.3 Å². The number of aromatic nitrogens is 1. The summed E-state index contributed by atoms with van der Waals surface area (Å²) >= 11 is 0. The molecule has 0 spiro atoms.